The van der Waals surface area contributed by atoms with Gasteiger partial charge in [0.15, 0.2) is 6.61 Å². The van der Waals surface area contributed by atoms with Gasteiger partial charge >= 0.3 is 0 Å². The van der Waals surface area contributed by atoms with Crippen LogP contribution in [0.3, 0.4) is 0 Å². The van der Waals surface area contributed by atoms with Crippen LogP contribution < -0.4 is 10.1 Å². The predicted octanol–water partition coefficient (Wildman–Crippen LogP) is 4.70. The molecule has 1 aromatic heterocycles. The molecule has 3 rings (SSSR count). The maximum absolute atomic E-state index is 12.1. The molecule has 1 amide bonds. The number of anilines is 1. The Kier molecular flexibility index (Phi) is 5.46. The van der Waals surface area contributed by atoms with E-state index in [1.165, 1.54) is 0 Å². The first kappa shape index (κ1) is 17.2. The number of thiazole rings is 1. The molecule has 0 saturated heterocycles. The molecular weight excluding hydrogens is 332 g/mol. The van der Waals surface area contributed by atoms with Crippen LogP contribution in [0.1, 0.15) is 18.2 Å². The highest BCUT2D eigenvalue weighted by Crippen LogP contribution is 2.25. The van der Waals surface area contributed by atoms with Crippen LogP contribution in [0.4, 0.5) is 5.69 Å². The first-order valence-electron chi connectivity index (χ1n) is 8.19. The van der Waals surface area contributed by atoms with Gasteiger partial charge in [0.2, 0.25) is 0 Å². The molecule has 0 fully saturated rings. The number of nitrogens with zero attached hydrogens (tertiary/aromatic N) is 1. The van der Waals surface area contributed by atoms with Crippen molar-refractivity contribution in [2.75, 3.05) is 11.9 Å². The maximum atomic E-state index is 12.1. The third kappa shape index (κ3) is 4.45. The SMILES string of the molecule is CCc1ccccc1NC(=O)COc1ccc(-c2nc(C)cs2)cc1. The van der Waals surface area contributed by atoms with Crippen molar-refractivity contribution in [3.8, 4) is 16.3 Å². The highest BCUT2D eigenvalue weighted by atomic mass is 32.1. The summed E-state index contributed by atoms with van der Waals surface area (Å²) in [5.41, 5.74) is 4.02. The summed E-state index contributed by atoms with van der Waals surface area (Å²) in [4.78, 5) is 16.6. The number of aryl methyl sites for hydroxylation is 2. The third-order valence-electron chi connectivity index (χ3n) is 3.76. The van der Waals surface area contributed by atoms with Crippen LogP contribution in [0, 0.1) is 6.92 Å². The average Bonchev–Trinajstić information content (AvgIpc) is 3.07. The zero-order valence-corrected chi connectivity index (χ0v) is 15.1. The number of hydrogen-bond donors (Lipinski definition) is 1. The van der Waals surface area contributed by atoms with E-state index in [0.717, 1.165) is 33.9 Å². The van der Waals surface area contributed by atoms with Crippen LogP contribution in [0.15, 0.2) is 53.9 Å². The number of hydrogen-bond acceptors (Lipinski definition) is 4. The summed E-state index contributed by atoms with van der Waals surface area (Å²) in [6.07, 6.45) is 0.870. The molecule has 0 saturated carbocycles. The molecule has 0 aliphatic heterocycles. The van der Waals surface area contributed by atoms with Crippen molar-refractivity contribution in [3.05, 3.63) is 65.2 Å². The topological polar surface area (TPSA) is 51.2 Å². The van der Waals surface area contributed by atoms with E-state index < -0.39 is 0 Å². The van der Waals surface area contributed by atoms with Crippen molar-refractivity contribution in [1.29, 1.82) is 0 Å². The van der Waals surface area contributed by atoms with Crippen molar-refractivity contribution >= 4 is 22.9 Å². The number of amides is 1. The Bertz CT molecular complexity index is 856. The van der Waals surface area contributed by atoms with Gasteiger partial charge in [0, 0.05) is 22.3 Å². The van der Waals surface area contributed by atoms with Crippen molar-refractivity contribution < 1.29 is 9.53 Å². The zero-order chi connectivity index (χ0) is 17.6. The molecule has 128 valence electrons. The number of rotatable bonds is 6. The van der Waals surface area contributed by atoms with Crippen LogP contribution in [0.5, 0.6) is 5.75 Å². The number of benzene rings is 2. The molecule has 0 bridgehead atoms. The Morgan fingerprint density at radius 1 is 1.16 bits per heavy atom. The van der Waals surface area contributed by atoms with Crippen molar-refractivity contribution in [2.24, 2.45) is 0 Å². The molecule has 0 atom stereocenters. The van der Waals surface area contributed by atoms with Gasteiger partial charge in [-0.05, 0) is 49.2 Å². The van der Waals surface area contributed by atoms with Crippen LogP contribution in [-0.4, -0.2) is 17.5 Å². The maximum Gasteiger partial charge on any atom is 0.262 e. The Morgan fingerprint density at radius 2 is 1.92 bits per heavy atom. The normalized spacial score (nSPS) is 10.5. The highest BCUT2D eigenvalue weighted by molar-refractivity contribution is 7.13. The standard InChI is InChI=1S/C20H20N2O2S/c1-3-15-6-4-5-7-18(15)22-19(23)12-24-17-10-8-16(9-11-17)20-21-14(2)13-25-20/h4-11,13H,3,12H2,1-2H3,(H,22,23). The van der Waals surface area contributed by atoms with Gasteiger partial charge in [-0.1, -0.05) is 25.1 Å². The number of nitrogens with one attached hydrogen (secondary N) is 1. The number of para-hydroxylation sites is 1. The molecule has 3 aromatic rings. The molecular formula is C20H20N2O2S. The number of carbonyl (C=O) groups is 1. The van der Waals surface area contributed by atoms with Crippen LogP contribution >= 0.6 is 11.3 Å². The van der Waals surface area contributed by atoms with E-state index in [1.54, 1.807) is 11.3 Å². The average molecular weight is 352 g/mol. The van der Waals surface area contributed by atoms with Gasteiger partial charge in [0.25, 0.3) is 5.91 Å². The highest BCUT2D eigenvalue weighted by Gasteiger charge is 2.07. The van der Waals surface area contributed by atoms with Gasteiger partial charge in [-0.2, -0.15) is 0 Å². The lowest BCUT2D eigenvalue weighted by Crippen LogP contribution is -2.20. The first-order valence-corrected chi connectivity index (χ1v) is 9.07. The van der Waals surface area contributed by atoms with E-state index in [0.29, 0.717) is 5.75 Å². The van der Waals surface area contributed by atoms with E-state index in [2.05, 4.69) is 17.2 Å². The van der Waals surface area contributed by atoms with E-state index in [-0.39, 0.29) is 12.5 Å². The quantitative estimate of drug-likeness (QED) is 0.700. The van der Waals surface area contributed by atoms with Crippen molar-refractivity contribution in [1.82, 2.24) is 4.98 Å². The summed E-state index contributed by atoms with van der Waals surface area (Å²) >= 11 is 1.62. The Labute approximate surface area is 151 Å². The first-order chi connectivity index (χ1) is 12.2. The second-order valence-electron chi connectivity index (χ2n) is 5.67. The molecule has 1 N–H and O–H groups in total. The van der Waals surface area contributed by atoms with Gasteiger partial charge in [0.1, 0.15) is 10.8 Å². The van der Waals surface area contributed by atoms with Crippen molar-refractivity contribution in [3.63, 3.8) is 0 Å². The molecule has 0 spiro atoms. The summed E-state index contributed by atoms with van der Waals surface area (Å²) in [5, 5.41) is 5.91. The van der Waals surface area contributed by atoms with E-state index in [9.17, 15) is 4.79 Å². The Balaban J connectivity index is 1.57. The van der Waals surface area contributed by atoms with E-state index >= 15 is 0 Å². The minimum Gasteiger partial charge on any atom is -0.484 e. The number of carbonyl (C=O) groups excluding carboxylic acids is 1. The van der Waals surface area contributed by atoms with Crippen LogP contribution in [0.2, 0.25) is 0 Å². The smallest absolute Gasteiger partial charge is 0.262 e. The zero-order valence-electron chi connectivity index (χ0n) is 14.3. The fraction of sp³-hybridized carbons (Fsp3) is 0.200. The Morgan fingerprint density at radius 3 is 2.60 bits per heavy atom. The summed E-state index contributed by atoms with van der Waals surface area (Å²) < 4.78 is 5.58. The largest absolute Gasteiger partial charge is 0.484 e. The molecule has 25 heavy (non-hydrogen) atoms. The van der Waals surface area contributed by atoms with Gasteiger partial charge in [-0.25, -0.2) is 4.98 Å². The summed E-state index contributed by atoms with van der Waals surface area (Å²) in [6.45, 7) is 4.02. The summed E-state index contributed by atoms with van der Waals surface area (Å²) in [5.74, 6) is 0.497. The second-order valence-corrected chi connectivity index (χ2v) is 6.52. The van der Waals surface area contributed by atoms with Gasteiger partial charge in [-0.15, -0.1) is 11.3 Å². The monoisotopic (exact) mass is 352 g/mol. The molecule has 2 aromatic carbocycles. The van der Waals surface area contributed by atoms with Gasteiger partial charge in [0.05, 0.1) is 0 Å². The molecule has 4 nitrogen and oxygen atoms in total. The van der Waals surface area contributed by atoms with E-state index in [1.807, 2.05) is 60.8 Å². The van der Waals surface area contributed by atoms with Crippen LogP contribution in [-0.2, 0) is 11.2 Å². The lowest BCUT2D eigenvalue weighted by atomic mass is 10.1. The summed E-state index contributed by atoms with van der Waals surface area (Å²) in [7, 11) is 0. The fourth-order valence-corrected chi connectivity index (χ4v) is 3.27. The lowest BCUT2D eigenvalue weighted by molar-refractivity contribution is -0.118. The molecule has 0 radical (unpaired) electrons. The fourth-order valence-electron chi connectivity index (χ4n) is 2.47. The minimum absolute atomic E-state index is 0.0201. The summed E-state index contributed by atoms with van der Waals surface area (Å²) in [6, 6.07) is 15.4. The minimum atomic E-state index is -0.166. The number of aromatic nitrogens is 1. The molecule has 0 unspecified atom stereocenters. The molecule has 5 heteroatoms. The third-order valence-corrected chi connectivity index (χ3v) is 4.77. The number of ether oxygens (including phenoxy) is 1. The predicted molar refractivity (Wildman–Crippen MR) is 102 cm³/mol. The molecule has 1 heterocycles. The second kappa shape index (κ2) is 7.94. The van der Waals surface area contributed by atoms with E-state index in [4.69, 9.17) is 4.74 Å². The lowest BCUT2D eigenvalue weighted by Gasteiger charge is -2.10. The molecule has 0 aliphatic carbocycles. The van der Waals surface area contributed by atoms with Crippen LogP contribution in [0.25, 0.3) is 10.6 Å². The Hall–Kier alpha value is -2.66. The molecule has 0 aliphatic rings. The van der Waals surface area contributed by atoms with Gasteiger partial charge < -0.3 is 10.1 Å². The van der Waals surface area contributed by atoms with Gasteiger partial charge in [-0.3, -0.25) is 4.79 Å². The van der Waals surface area contributed by atoms with Crippen molar-refractivity contribution in [2.45, 2.75) is 20.3 Å².